The zero-order chi connectivity index (χ0) is 21.2. The molecule has 0 atom stereocenters. The van der Waals surface area contributed by atoms with Crippen molar-refractivity contribution in [1.29, 1.82) is 0 Å². The summed E-state index contributed by atoms with van der Waals surface area (Å²) in [4.78, 5) is 24.3. The van der Waals surface area contributed by atoms with Crippen LogP contribution in [0.3, 0.4) is 0 Å². The Morgan fingerprint density at radius 3 is 2.65 bits per heavy atom. The van der Waals surface area contributed by atoms with Crippen LogP contribution in [0.4, 0.5) is 5.69 Å². The Balaban J connectivity index is 1.32. The van der Waals surface area contributed by atoms with Gasteiger partial charge in [0.25, 0.3) is 5.91 Å². The van der Waals surface area contributed by atoms with Crippen LogP contribution in [-0.2, 0) is 4.79 Å². The van der Waals surface area contributed by atoms with Gasteiger partial charge in [0.2, 0.25) is 6.79 Å². The van der Waals surface area contributed by atoms with Gasteiger partial charge in [0.1, 0.15) is 11.3 Å². The Kier molecular flexibility index (Phi) is 4.76. The van der Waals surface area contributed by atoms with Crippen LogP contribution >= 0.6 is 0 Å². The Labute approximate surface area is 176 Å². The summed E-state index contributed by atoms with van der Waals surface area (Å²) in [5, 5.41) is 3.53. The fourth-order valence-electron chi connectivity index (χ4n) is 3.41. The van der Waals surface area contributed by atoms with Crippen LogP contribution < -0.4 is 25.2 Å². The minimum atomic E-state index is -0.455. The van der Waals surface area contributed by atoms with Gasteiger partial charge in [0, 0.05) is 29.3 Å². The monoisotopic (exact) mass is 415 g/mol. The van der Waals surface area contributed by atoms with E-state index in [1.165, 1.54) is 6.07 Å². The molecule has 0 fully saturated rings. The second-order valence-corrected chi connectivity index (χ2v) is 6.91. The van der Waals surface area contributed by atoms with Gasteiger partial charge >= 0.3 is 5.63 Å². The maximum atomic E-state index is 12.3. The quantitative estimate of drug-likeness (QED) is 0.492. The minimum absolute atomic E-state index is 0.167. The average molecular weight is 415 g/mol. The van der Waals surface area contributed by atoms with Gasteiger partial charge in [-0.2, -0.15) is 0 Å². The van der Waals surface area contributed by atoms with Crippen LogP contribution in [-0.4, -0.2) is 19.3 Å². The van der Waals surface area contributed by atoms with Crippen LogP contribution in [0.2, 0.25) is 0 Å². The third-order valence-electron chi connectivity index (χ3n) is 4.83. The lowest BCUT2D eigenvalue weighted by Crippen LogP contribution is -2.20. The number of hydrogen-bond acceptors (Lipinski definition) is 6. The summed E-state index contributed by atoms with van der Waals surface area (Å²) in [5.41, 5.74) is 2.20. The summed E-state index contributed by atoms with van der Waals surface area (Å²) in [7, 11) is 0. The third kappa shape index (κ3) is 3.93. The van der Waals surface area contributed by atoms with Crippen molar-refractivity contribution < 1.29 is 23.4 Å². The summed E-state index contributed by atoms with van der Waals surface area (Å²) >= 11 is 0. The van der Waals surface area contributed by atoms with Crippen molar-refractivity contribution >= 4 is 22.6 Å². The Morgan fingerprint density at radius 2 is 1.77 bits per heavy atom. The molecule has 0 unspecified atom stereocenters. The number of benzene rings is 3. The molecule has 0 saturated heterocycles. The highest BCUT2D eigenvalue weighted by Gasteiger charge is 2.15. The highest BCUT2D eigenvalue weighted by molar-refractivity contribution is 5.94. The molecule has 1 aliphatic rings. The van der Waals surface area contributed by atoms with Crippen LogP contribution in [0.25, 0.3) is 22.1 Å². The second-order valence-electron chi connectivity index (χ2n) is 6.91. The fourth-order valence-corrected chi connectivity index (χ4v) is 3.41. The standard InChI is InChI=1S/C24H17NO6/c26-23(25-16-6-9-20-22(10-16)30-14-29-20)13-28-17-7-8-18-19(15-4-2-1-3-5-15)12-24(27)31-21(18)11-17/h1-12H,13-14H2,(H,25,26). The first-order valence-electron chi connectivity index (χ1n) is 9.61. The lowest BCUT2D eigenvalue weighted by Gasteiger charge is -2.10. The van der Waals surface area contributed by atoms with Crippen LogP contribution in [0, 0.1) is 0 Å². The Hall–Kier alpha value is -4.26. The van der Waals surface area contributed by atoms with E-state index < -0.39 is 5.63 Å². The van der Waals surface area contributed by atoms with Gasteiger partial charge < -0.3 is 23.9 Å². The van der Waals surface area contributed by atoms with Crippen LogP contribution in [0.15, 0.2) is 82.0 Å². The third-order valence-corrected chi connectivity index (χ3v) is 4.83. The van der Waals surface area contributed by atoms with Gasteiger partial charge in [-0.15, -0.1) is 0 Å². The summed E-state index contributed by atoms with van der Waals surface area (Å²) in [6, 6.07) is 21.4. The first kappa shape index (κ1) is 18.7. The average Bonchev–Trinajstić information content (AvgIpc) is 3.25. The molecule has 1 aliphatic heterocycles. The van der Waals surface area contributed by atoms with Gasteiger partial charge in [0.15, 0.2) is 18.1 Å². The molecular weight excluding hydrogens is 398 g/mol. The SMILES string of the molecule is O=C(COc1ccc2c(-c3ccccc3)cc(=O)oc2c1)Nc1ccc2c(c1)OCO2. The van der Waals surface area contributed by atoms with Crippen molar-refractivity contribution in [2.75, 3.05) is 18.7 Å². The summed E-state index contributed by atoms with van der Waals surface area (Å²) in [6.07, 6.45) is 0. The van der Waals surface area contributed by atoms with Gasteiger partial charge in [-0.25, -0.2) is 4.79 Å². The zero-order valence-electron chi connectivity index (χ0n) is 16.3. The molecule has 31 heavy (non-hydrogen) atoms. The summed E-state index contributed by atoms with van der Waals surface area (Å²) in [5.74, 6) is 1.31. The van der Waals surface area contributed by atoms with Crippen molar-refractivity contribution in [2.24, 2.45) is 0 Å². The zero-order valence-corrected chi connectivity index (χ0v) is 16.3. The van der Waals surface area contributed by atoms with Crippen molar-refractivity contribution in [3.8, 4) is 28.4 Å². The molecule has 0 saturated carbocycles. The number of hydrogen-bond donors (Lipinski definition) is 1. The number of amides is 1. The van der Waals surface area contributed by atoms with Crippen molar-refractivity contribution in [2.45, 2.75) is 0 Å². The van der Waals surface area contributed by atoms with Crippen molar-refractivity contribution in [1.82, 2.24) is 0 Å². The molecule has 0 bridgehead atoms. The first-order chi connectivity index (χ1) is 15.2. The normalized spacial score (nSPS) is 12.0. The maximum Gasteiger partial charge on any atom is 0.336 e. The highest BCUT2D eigenvalue weighted by atomic mass is 16.7. The minimum Gasteiger partial charge on any atom is -0.484 e. The Morgan fingerprint density at radius 1 is 0.935 bits per heavy atom. The highest BCUT2D eigenvalue weighted by Crippen LogP contribution is 2.34. The van der Waals surface area contributed by atoms with E-state index in [1.807, 2.05) is 36.4 Å². The number of nitrogens with one attached hydrogen (secondary N) is 1. The van der Waals surface area contributed by atoms with E-state index in [2.05, 4.69) is 5.32 Å². The number of ether oxygens (including phenoxy) is 3. The van der Waals surface area contributed by atoms with E-state index in [0.717, 1.165) is 16.5 Å². The molecular formula is C24H17NO6. The molecule has 1 aromatic heterocycles. The van der Waals surface area contributed by atoms with Gasteiger partial charge in [-0.3, -0.25) is 4.79 Å². The van der Waals surface area contributed by atoms with Crippen LogP contribution in [0.5, 0.6) is 17.2 Å². The molecule has 0 spiro atoms. The molecule has 7 nitrogen and oxygen atoms in total. The van der Waals surface area contributed by atoms with E-state index in [1.54, 1.807) is 30.3 Å². The van der Waals surface area contributed by atoms with Crippen LogP contribution in [0.1, 0.15) is 0 Å². The topological polar surface area (TPSA) is 87.0 Å². The smallest absolute Gasteiger partial charge is 0.336 e. The van der Waals surface area contributed by atoms with E-state index in [0.29, 0.717) is 28.5 Å². The maximum absolute atomic E-state index is 12.3. The fraction of sp³-hybridized carbons (Fsp3) is 0.0833. The molecule has 4 aromatic rings. The van der Waals surface area contributed by atoms with Gasteiger partial charge in [-0.1, -0.05) is 30.3 Å². The molecule has 5 rings (SSSR count). The predicted octanol–water partition coefficient (Wildman–Crippen LogP) is 4.21. The number of anilines is 1. The van der Waals surface area contributed by atoms with Crippen molar-refractivity contribution in [3.63, 3.8) is 0 Å². The van der Waals surface area contributed by atoms with Crippen molar-refractivity contribution in [3.05, 3.63) is 83.2 Å². The largest absolute Gasteiger partial charge is 0.484 e. The van der Waals surface area contributed by atoms with E-state index in [9.17, 15) is 9.59 Å². The molecule has 2 heterocycles. The summed E-state index contributed by atoms with van der Waals surface area (Å²) < 4.78 is 21.5. The van der Waals surface area contributed by atoms with E-state index >= 15 is 0 Å². The van der Waals surface area contributed by atoms with Gasteiger partial charge in [-0.05, 0) is 35.4 Å². The lowest BCUT2D eigenvalue weighted by atomic mass is 10.0. The predicted molar refractivity (Wildman–Crippen MR) is 115 cm³/mol. The Bertz CT molecular complexity index is 1330. The summed E-state index contributed by atoms with van der Waals surface area (Å²) in [6.45, 7) is -0.0392. The van der Waals surface area contributed by atoms with E-state index in [4.69, 9.17) is 18.6 Å². The molecule has 154 valence electrons. The number of carbonyl (C=O) groups is 1. The molecule has 3 aromatic carbocycles. The molecule has 0 aliphatic carbocycles. The molecule has 7 heteroatoms. The number of fused-ring (bicyclic) bond motifs is 2. The molecule has 1 N–H and O–H groups in total. The lowest BCUT2D eigenvalue weighted by molar-refractivity contribution is -0.118. The number of rotatable bonds is 5. The number of carbonyl (C=O) groups excluding carboxylic acids is 1. The first-order valence-corrected chi connectivity index (χ1v) is 9.61. The van der Waals surface area contributed by atoms with E-state index in [-0.39, 0.29) is 19.3 Å². The molecule has 1 amide bonds. The van der Waals surface area contributed by atoms with Gasteiger partial charge in [0.05, 0.1) is 0 Å². The second kappa shape index (κ2) is 7.87. The molecule has 0 radical (unpaired) electrons.